The van der Waals surface area contributed by atoms with Crippen LogP contribution in [0.3, 0.4) is 0 Å². The molecule has 0 fully saturated rings. The molecule has 0 unspecified atom stereocenters. The Balaban J connectivity index is 1.87. The summed E-state index contributed by atoms with van der Waals surface area (Å²) in [5, 5.41) is 1.68. The second-order valence-electron chi connectivity index (χ2n) is 5.77. The summed E-state index contributed by atoms with van der Waals surface area (Å²) in [6, 6.07) is 11.5. The average Bonchev–Trinajstić information content (AvgIpc) is 3.01. The van der Waals surface area contributed by atoms with Gasteiger partial charge in [0.05, 0.1) is 5.69 Å². The number of fused-ring (bicyclic) bond motifs is 5. The van der Waals surface area contributed by atoms with Gasteiger partial charge in [0.15, 0.2) is 18.2 Å². The Labute approximate surface area is 131 Å². The summed E-state index contributed by atoms with van der Waals surface area (Å²) in [6.07, 6.45) is 0. The summed E-state index contributed by atoms with van der Waals surface area (Å²) in [5.41, 5.74) is 2.74. The van der Waals surface area contributed by atoms with E-state index in [-0.39, 0.29) is 19.1 Å². The lowest BCUT2D eigenvalue weighted by Gasteiger charge is -2.23. The number of nitrogens with zero attached hydrogens (tertiary/aromatic N) is 1. The van der Waals surface area contributed by atoms with Gasteiger partial charge < -0.3 is 14.2 Å². The third-order valence-electron chi connectivity index (χ3n) is 4.47. The minimum atomic E-state index is -0.0375. The quantitative estimate of drug-likeness (QED) is 0.640. The molecule has 0 spiro atoms. The van der Waals surface area contributed by atoms with Gasteiger partial charge in [-0.1, -0.05) is 12.1 Å². The number of hydrogen-bond donors (Lipinski definition) is 0. The Kier molecular flexibility index (Phi) is 2.34. The first kappa shape index (κ1) is 12.6. The summed E-state index contributed by atoms with van der Waals surface area (Å²) in [4.78, 5) is 12.8. The molecule has 5 nitrogen and oxygen atoms in total. The highest BCUT2D eigenvalue weighted by atomic mass is 16.7. The van der Waals surface area contributed by atoms with E-state index in [9.17, 15) is 4.79 Å². The van der Waals surface area contributed by atoms with Crippen molar-refractivity contribution < 1.29 is 14.2 Å². The van der Waals surface area contributed by atoms with Gasteiger partial charge in [0, 0.05) is 17.0 Å². The molecule has 0 atom stereocenters. The van der Waals surface area contributed by atoms with Crippen molar-refractivity contribution in [3.63, 3.8) is 0 Å². The number of rotatable bonds is 0. The summed E-state index contributed by atoms with van der Waals surface area (Å²) >= 11 is 0. The molecule has 5 heteroatoms. The van der Waals surface area contributed by atoms with E-state index in [0.29, 0.717) is 22.6 Å². The van der Waals surface area contributed by atoms with Crippen LogP contribution in [0.4, 0.5) is 0 Å². The largest absolute Gasteiger partial charge is 0.472 e. The number of ether oxygens (including phenoxy) is 3. The zero-order valence-electron chi connectivity index (χ0n) is 12.5. The number of benzene rings is 2. The van der Waals surface area contributed by atoms with Gasteiger partial charge in [-0.15, -0.1) is 0 Å². The average molecular weight is 307 g/mol. The molecule has 5 rings (SSSR count). The smallest absolute Gasteiger partial charge is 0.261 e. The van der Waals surface area contributed by atoms with Crippen molar-refractivity contribution in [3.05, 3.63) is 52.3 Å². The van der Waals surface area contributed by atoms with Gasteiger partial charge in [0.2, 0.25) is 6.79 Å². The summed E-state index contributed by atoms with van der Waals surface area (Å²) < 4.78 is 18.3. The fourth-order valence-electron chi connectivity index (χ4n) is 3.26. The lowest BCUT2D eigenvalue weighted by molar-refractivity contribution is 0.173. The fraction of sp³-hybridized carbons (Fsp3) is 0.167. The lowest BCUT2D eigenvalue weighted by Crippen LogP contribution is -2.27. The molecule has 2 aliphatic heterocycles. The van der Waals surface area contributed by atoms with Crippen LogP contribution in [0.2, 0.25) is 0 Å². The topological polar surface area (TPSA) is 49.7 Å². The minimum absolute atomic E-state index is 0.0375. The Hall–Kier alpha value is -2.95. The van der Waals surface area contributed by atoms with Crippen LogP contribution in [0.1, 0.15) is 5.56 Å². The molecule has 114 valence electrons. The van der Waals surface area contributed by atoms with Crippen molar-refractivity contribution in [2.45, 2.75) is 13.7 Å². The molecule has 0 saturated heterocycles. The molecule has 0 saturated carbocycles. The Morgan fingerprint density at radius 2 is 1.78 bits per heavy atom. The summed E-state index contributed by atoms with van der Waals surface area (Å²) in [7, 11) is 0. The molecular weight excluding hydrogens is 294 g/mol. The van der Waals surface area contributed by atoms with Crippen molar-refractivity contribution in [2.75, 3.05) is 6.79 Å². The van der Waals surface area contributed by atoms with Gasteiger partial charge in [0.1, 0.15) is 5.75 Å². The first-order chi connectivity index (χ1) is 11.2. The number of pyridine rings is 1. The number of aryl methyl sites for hydroxylation is 1. The second-order valence-corrected chi connectivity index (χ2v) is 5.77. The van der Waals surface area contributed by atoms with Crippen LogP contribution in [0.15, 0.2) is 41.2 Å². The second kappa shape index (κ2) is 4.29. The maximum atomic E-state index is 12.8. The van der Waals surface area contributed by atoms with Crippen molar-refractivity contribution in [2.24, 2.45) is 0 Å². The standard InChI is InChI=1S/C18H13NO4/c1-10-3-2-4-11-12(10)5-14-13-6-16-17(23-9-22-16)7-15(13)21-8-19(14)18(11)20/h2-7H,8-9H2,1H3. The molecule has 0 radical (unpaired) electrons. The van der Waals surface area contributed by atoms with Gasteiger partial charge in [-0.2, -0.15) is 0 Å². The maximum absolute atomic E-state index is 12.8. The van der Waals surface area contributed by atoms with E-state index in [1.807, 2.05) is 37.3 Å². The van der Waals surface area contributed by atoms with Crippen LogP contribution >= 0.6 is 0 Å². The van der Waals surface area contributed by atoms with Gasteiger partial charge in [0.25, 0.3) is 5.56 Å². The van der Waals surface area contributed by atoms with E-state index in [4.69, 9.17) is 14.2 Å². The molecule has 23 heavy (non-hydrogen) atoms. The summed E-state index contributed by atoms with van der Waals surface area (Å²) in [5.74, 6) is 2.07. The highest BCUT2D eigenvalue weighted by Gasteiger charge is 2.25. The first-order valence-electron chi connectivity index (χ1n) is 7.42. The number of aromatic nitrogens is 1. The Morgan fingerprint density at radius 1 is 0.957 bits per heavy atom. The molecule has 1 aromatic heterocycles. The van der Waals surface area contributed by atoms with Crippen LogP contribution in [-0.2, 0) is 6.73 Å². The van der Waals surface area contributed by atoms with Crippen LogP contribution in [0, 0.1) is 6.92 Å². The molecule has 3 heterocycles. The fourth-order valence-corrected chi connectivity index (χ4v) is 3.26. The minimum Gasteiger partial charge on any atom is -0.472 e. The molecule has 0 bridgehead atoms. The Morgan fingerprint density at radius 3 is 2.65 bits per heavy atom. The van der Waals surface area contributed by atoms with Gasteiger partial charge in [-0.25, -0.2) is 0 Å². The van der Waals surface area contributed by atoms with E-state index in [2.05, 4.69) is 6.07 Å². The monoisotopic (exact) mass is 307 g/mol. The van der Waals surface area contributed by atoms with Crippen LogP contribution in [0.5, 0.6) is 17.2 Å². The van der Waals surface area contributed by atoms with E-state index in [0.717, 1.165) is 22.2 Å². The normalized spacial score (nSPS) is 14.3. The third kappa shape index (κ3) is 1.64. The number of hydrogen-bond acceptors (Lipinski definition) is 4. The predicted octanol–water partition coefficient (Wildman–Crippen LogP) is 3.06. The van der Waals surface area contributed by atoms with E-state index >= 15 is 0 Å². The lowest BCUT2D eigenvalue weighted by atomic mass is 10.0. The molecule has 2 aliphatic rings. The van der Waals surface area contributed by atoms with Crippen molar-refractivity contribution in [1.82, 2.24) is 4.57 Å². The van der Waals surface area contributed by atoms with Gasteiger partial charge in [-0.05, 0) is 36.1 Å². The third-order valence-corrected chi connectivity index (χ3v) is 4.47. The van der Waals surface area contributed by atoms with E-state index < -0.39 is 0 Å². The maximum Gasteiger partial charge on any atom is 0.261 e. The Bertz CT molecular complexity index is 1040. The molecule has 0 N–H and O–H groups in total. The molecule has 0 aliphatic carbocycles. The van der Waals surface area contributed by atoms with Crippen LogP contribution in [0.25, 0.3) is 22.0 Å². The van der Waals surface area contributed by atoms with Gasteiger partial charge in [-0.3, -0.25) is 9.36 Å². The van der Waals surface area contributed by atoms with Gasteiger partial charge >= 0.3 is 0 Å². The molecule has 3 aromatic rings. The highest BCUT2D eigenvalue weighted by Crippen LogP contribution is 2.44. The zero-order valence-corrected chi connectivity index (χ0v) is 12.5. The van der Waals surface area contributed by atoms with Crippen LogP contribution in [-0.4, -0.2) is 11.4 Å². The zero-order chi connectivity index (χ0) is 15.6. The predicted molar refractivity (Wildman–Crippen MR) is 85.1 cm³/mol. The van der Waals surface area contributed by atoms with Crippen molar-refractivity contribution in [1.29, 1.82) is 0 Å². The highest BCUT2D eigenvalue weighted by molar-refractivity contribution is 5.89. The summed E-state index contributed by atoms with van der Waals surface area (Å²) in [6.45, 7) is 2.42. The van der Waals surface area contributed by atoms with E-state index in [1.54, 1.807) is 4.57 Å². The van der Waals surface area contributed by atoms with Crippen molar-refractivity contribution >= 4 is 10.8 Å². The van der Waals surface area contributed by atoms with E-state index in [1.165, 1.54) is 0 Å². The SMILES string of the molecule is Cc1cccc2c(=O)n3c(cc12)-c1cc2c(cc1OC3)OCO2. The first-order valence-corrected chi connectivity index (χ1v) is 7.42. The molecule has 2 aromatic carbocycles. The molecule has 0 amide bonds. The van der Waals surface area contributed by atoms with Crippen LogP contribution < -0.4 is 19.8 Å². The van der Waals surface area contributed by atoms with Crippen molar-refractivity contribution in [3.8, 4) is 28.5 Å². The molecular formula is C18H13NO4.